The summed E-state index contributed by atoms with van der Waals surface area (Å²) in [6.45, 7) is 1.33. The van der Waals surface area contributed by atoms with Crippen LogP contribution < -0.4 is 10.1 Å². The number of carbonyl (C=O) groups is 1. The third-order valence-electron chi connectivity index (χ3n) is 4.67. The SMILES string of the molecule is COc1ccccc1-n1cnc2cc(C(=O)NC[C@@H]3CCCO3)ccc21. The number of methoxy groups -OCH3 is 1. The van der Waals surface area contributed by atoms with Crippen molar-refractivity contribution in [2.75, 3.05) is 20.3 Å². The molecule has 2 heterocycles. The molecule has 1 N–H and O–H groups in total. The van der Waals surface area contributed by atoms with Crippen LogP contribution in [0.25, 0.3) is 16.7 Å². The molecule has 1 aliphatic rings. The summed E-state index contributed by atoms with van der Waals surface area (Å²) < 4.78 is 12.9. The van der Waals surface area contributed by atoms with Gasteiger partial charge in [0.1, 0.15) is 12.1 Å². The Morgan fingerprint density at radius 3 is 3.04 bits per heavy atom. The van der Waals surface area contributed by atoms with E-state index in [0.29, 0.717) is 12.1 Å². The number of hydrogen-bond donors (Lipinski definition) is 1. The van der Waals surface area contributed by atoms with Crippen LogP contribution in [0, 0.1) is 0 Å². The van der Waals surface area contributed by atoms with E-state index < -0.39 is 0 Å². The van der Waals surface area contributed by atoms with Crippen LogP contribution in [0.4, 0.5) is 0 Å². The maximum Gasteiger partial charge on any atom is 0.251 e. The molecule has 6 nitrogen and oxygen atoms in total. The van der Waals surface area contributed by atoms with E-state index in [-0.39, 0.29) is 12.0 Å². The van der Waals surface area contributed by atoms with Crippen molar-refractivity contribution in [3.63, 3.8) is 0 Å². The van der Waals surface area contributed by atoms with E-state index in [4.69, 9.17) is 9.47 Å². The van der Waals surface area contributed by atoms with E-state index in [1.807, 2.05) is 47.0 Å². The van der Waals surface area contributed by atoms with Gasteiger partial charge in [0.2, 0.25) is 0 Å². The van der Waals surface area contributed by atoms with Crippen LogP contribution in [-0.2, 0) is 4.74 Å². The van der Waals surface area contributed by atoms with Gasteiger partial charge in [0.05, 0.1) is 29.9 Å². The third kappa shape index (κ3) is 3.15. The third-order valence-corrected chi connectivity index (χ3v) is 4.67. The van der Waals surface area contributed by atoms with Crippen LogP contribution in [0.1, 0.15) is 23.2 Å². The van der Waals surface area contributed by atoms with Crippen molar-refractivity contribution in [2.45, 2.75) is 18.9 Å². The summed E-state index contributed by atoms with van der Waals surface area (Å²) in [4.78, 5) is 16.9. The molecule has 0 unspecified atom stereocenters. The van der Waals surface area contributed by atoms with Crippen molar-refractivity contribution in [3.05, 3.63) is 54.4 Å². The van der Waals surface area contributed by atoms with Gasteiger partial charge in [0.15, 0.2) is 0 Å². The first-order valence-corrected chi connectivity index (χ1v) is 8.76. The molecular formula is C20H21N3O3. The molecule has 0 aliphatic carbocycles. The first kappa shape index (κ1) is 16.6. The number of rotatable bonds is 5. The summed E-state index contributed by atoms with van der Waals surface area (Å²) in [7, 11) is 1.65. The van der Waals surface area contributed by atoms with E-state index in [9.17, 15) is 4.79 Å². The van der Waals surface area contributed by atoms with Gasteiger partial charge in [-0.1, -0.05) is 12.1 Å². The summed E-state index contributed by atoms with van der Waals surface area (Å²) >= 11 is 0. The number of amides is 1. The van der Waals surface area contributed by atoms with Crippen LogP contribution >= 0.6 is 0 Å². The molecule has 1 saturated heterocycles. The summed E-state index contributed by atoms with van der Waals surface area (Å²) in [6, 6.07) is 13.3. The van der Waals surface area contributed by atoms with Crippen molar-refractivity contribution in [1.29, 1.82) is 0 Å². The first-order valence-electron chi connectivity index (χ1n) is 8.76. The second-order valence-corrected chi connectivity index (χ2v) is 6.33. The topological polar surface area (TPSA) is 65.4 Å². The quantitative estimate of drug-likeness (QED) is 0.768. The Kier molecular flexibility index (Phi) is 4.58. The first-order chi connectivity index (χ1) is 12.8. The average molecular weight is 351 g/mol. The van der Waals surface area contributed by atoms with E-state index in [1.54, 1.807) is 13.4 Å². The normalized spacial score (nSPS) is 16.7. The van der Waals surface area contributed by atoms with Gasteiger partial charge in [-0.2, -0.15) is 0 Å². The lowest BCUT2D eigenvalue weighted by Crippen LogP contribution is -2.31. The highest BCUT2D eigenvalue weighted by atomic mass is 16.5. The number of ether oxygens (including phenoxy) is 2. The lowest BCUT2D eigenvalue weighted by Gasteiger charge is -2.11. The van der Waals surface area contributed by atoms with Crippen LogP contribution in [0.5, 0.6) is 5.75 Å². The number of para-hydroxylation sites is 2. The van der Waals surface area contributed by atoms with E-state index in [2.05, 4.69) is 10.3 Å². The molecule has 0 spiro atoms. The van der Waals surface area contributed by atoms with E-state index in [0.717, 1.165) is 41.9 Å². The van der Waals surface area contributed by atoms with Crippen molar-refractivity contribution in [1.82, 2.24) is 14.9 Å². The molecule has 1 fully saturated rings. The largest absolute Gasteiger partial charge is 0.495 e. The fourth-order valence-corrected chi connectivity index (χ4v) is 3.29. The Morgan fingerprint density at radius 1 is 1.35 bits per heavy atom. The van der Waals surface area contributed by atoms with E-state index >= 15 is 0 Å². The zero-order valence-electron chi connectivity index (χ0n) is 14.6. The second kappa shape index (κ2) is 7.17. The fourth-order valence-electron chi connectivity index (χ4n) is 3.29. The maximum absolute atomic E-state index is 12.4. The molecule has 1 amide bonds. The highest BCUT2D eigenvalue weighted by Gasteiger charge is 2.17. The Bertz CT molecular complexity index is 929. The molecule has 6 heteroatoms. The van der Waals surface area contributed by atoms with Crippen molar-refractivity contribution >= 4 is 16.9 Å². The van der Waals surface area contributed by atoms with Crippen molar-refractivity contribution < 1.29 is 14.3 Å². The highest BCUT2D eigenvalue weighted by molar-refractivity contribution is 5.97. The number of benzene rings is 2. The Balaban J connectivity index is 1.58. The number of imidazole rings is 1. The molecule has 2 aromatic carbocycles. The Labute approximate surface area is 151 Å². The number of carbonyl (C=O) groups excluding carboxylic acids is 1. The highest BCUT2D eigenvalue weighted by Crippen LogP contribution is 2.26. The number of fused-ring (bicyclic) bond motifs is 1. The zero-order chi connectivity index (χ0) is 17.9. The molecular weight excluding hydrogens is 330 g/mol. The average Bonchev–Trinajstić information content (AvgIpc) is 3.35. The molecule has 1 aliphatic heterocycles. The molecule has 4 rings (SSSR count). The predicted molar refractivity (Wildman–Crippen MR) is 98.9 cm³/mol. The number of nitrogens with one attached hydrogen (secondary N) is 1. The molecule has 1 aromatic heterocycles. The van der Waals surface area contributed by atoms with Crippen molar-refractivity contribution in [3.8, 4) is 11.4 Å². The number of aromatic nitrogens is 2. The molecule has 26 heavy (non-hydrogen) atoms. The van der Waals surface area contributed by atoms with Gasteiger partial charge in [0.25, 0.3) is 5.91 Å². The van der Waals surface area contributed by atoms with Crippen molar-refractivity contribution in [2.24, 2.45) is 0 Å². The number of hydrogen-bond acceptors (Lipinski definition) is 4. The van der Waals surface area contributed by atoms with Crippen LogP contribution in [0.15, 0.2) is 48.8 Å². The van der Waals surface area contributed by atoms with Crippen LogP contribution in [-0.4, -0.2) is 41.8 Å². The van der Waals surface area contributed by atoms with Gasteiger partial charge >= 0.3 is 0 Å². The molecule has 0 saturated carbocycles. The smallest absolute Gasteiger partial charge is 0.251 e. The standard InChI is InChI=1S/C20H21N3O3/c1-25-19-7-3-2-6-18(19)23-13-22-16-11-14(8-9-17(16)23)20(24)21-12-15-5-4-10-26-15/h2-3,6-9,11,13,15H,4-5,10,12H2,1H3,(H,21,24)/t15-/m0/s1. The van der Waals surface area contributed by atoms with Gasteiger partial charge in [0, 0.05) is 18.7 Å². The van der Waals surface area contributed by atoms with Gasteiger partial charge in [-0.05, 0) is 43.2 Å². The zero-order valence-corrected chi connectivity index (χ0v) is 14.6. The fraction of sp³-hybridized carbons (Fsp3) is 0.300. The lowest BCUT2D eigenvalue weighted by atomic mass is 10.1. The summed E-state index contributed by atoms with van der Waals surface area (Å²) in [5.41, 5.74) is 3.19. The lowest BCUT2D eigenvalue weighted by molar-refractivity contribution is 0.0858. The Hall–Kier alpha value is -2.86. The van der Waals surface area contributed by atoms with Crippen LogP contribution in [0.3, 0.4) is 0 Å². The molecule has 3 aromatic rings. The Morgan fingerprint density at radius 2 is 2.23 bits per heavy atom. The van der Waals surface area contributed by atoms with E-state index in [1.165, 1.54) is 0 Å². The van der Waals surface area contributed by atoms with Gasteiger partial charge < -0.3 is 14.8 Å². The van der Waals surface area contributed by atoms with Gasteiger partial charge in [-0.15, -0.1) is 0 Å². The second-order valence-electron chi connectivity index (χ2n) is 6.33. The molecule has 0 bridgehead atoms. The summed E-state index contributed by atoms with van der Waals surface area (Å²) in [5, 5.41) is 2.94. The minimum Gasteiger partial charge on any atom is -0.495 e. The maximum atomic E-state index is 12.4. The minimum absolute atomic E-state index is 0.103. The molecule has 0 radical (unpaired) electrons. The monoisotopic (exact) mass is 351 g/mol. The van der Waals surface area contributed by atoms with Gasteiger partial charge in [-0.25, -0.2) is 4.98 Å². The summed E-state index contributed by atoms with van der Waals surface area (Å²) in [6.07, 6.45) is 3.94. The van der Waals surface area contributed by atoms with Crippen LogP contribution in [0.2, 0.25) is 0 Å². The number of nitrogens with zero attached hydrogens (tertiary/aromatic N) is 2. The predicted octanol–water partition coefficient (Wildman–Crippen LogP) is 2.94. The van der Waals surface area contributed by atoms with Gasteiger partial charge in [-0.3, -0.25) is 9.36 Å². The molecule has 134 valence electrons. The summed E-state index contributed by atoms with van der Waals surface area (Å²) in [5.74, 6) is 0.666. The molecule has 1 atom stereocenters. The minimum atomic E-state index is -0.103.